The third kappa shape index (κ3) is 1.54. The summed E-state index contributed by atoms with van der Waals surface area (Å²) in [4.78, 5) is 16.3. The molecule has 0 spiro atoms. The van der Waals surface area contributed by atoms with Crippen molar-refractivity contribution in [2.45, 2.75) is 6.04 Å². The molecular weight excluding hydrogens is 264 g/mol. The molecule has 0 saturated carbocycles. The molecule has 0 bridgehead atoms. The molecule has 0 N–H and O–H groups in total. The molecule has 2 rings (SSSR count). The Labute approximate surface area is 95.4 Å². The second kappa shape index (κ2) is 3.55. The van der Waals surface area contributed by atoms with E-state index in [-0.39, 0.29) is 12.1 Å². The first-order valence-electron chi connectivity index (χ1n) is 4.31. The van der Waals surface area contributed by atoms with Crippen molar-refractivity contribution in [3.63, 3.8) is 0 Å². The number of hydrogen-bond acceptors (Lipinski definition) is 2. The number of rotatable bonds is 1. The summed E-state index contributed by atoms with van der Waals surface area (Å²) in [7, 11) is 3.69. The first-order valence-corrected chi connectivity index (χ1v) is 5.98. The maximum atomic E-state index is 11.5. The van der Waals surface area contributed by atoms with E-state index in [0.29, 0.717) is 0 Å². The van der Waals surface area contributed by atoms with E-state index < -0.39 is 0 Å². The standard InChI is InChI=1S/C9H11BrN2OS/c1-11-4-7(12(2)9(11)13)8-3-6(10)5-14-8/h3,5,7H,4H2,1-2H3. The van der Waals surface area contributed by atoms with Crippen LogP contribution in [-0.2, 0) is 0 Å². The molecule has 1 aromatic heterocycles. The van der Waals surface area contributed by atoms with E-state index in [0.717, 1.165) is 11.0 Å². The highest BCUT2D eigenvalue weighted by atomic mass is 79.9. The quantitative estimate of drug-likeness (QED) is 0.772. The van der Waals surface area contributed by atoms with Crippen LogP contribution in [0.3, 0.4) is 0 Å². The Morgan fingerprint density at radius 3 is 2.71 bits per heavy atom. The van der Waals surface area contributed by atoms with E-state index in [1.807, 2.05) is 19.5 Å². The highest BCUT2D eigenvalue weighted by Crippen LogP contribution is 2.32. The van der Waals surface area contributed by atoms with Gasteiger partial charge in [0.1, 0.15) is 0 Å². The second-order valence-corrected chi connectivity index (χ2v) is 5.32. The monoisotopic (exact) mass is 274 g/mol. The third-order valence-corrected chi connectivity index (χ3v) is 4.25. The van der Waals surface area contributed by atoms with E-state index in [4.69, 9.17) is 0 Å². The summed E-state index contributed by atoms with van der Waals surface area (Å²) in [5.41, 5.74) is 0. The first-order chi connectivity index (χ1) is 6.59. The molecule has 1 aliphatic heterocycles. The number of hydrogen-bond donors (Lipinski definition) is 0. The van der Waals surface area contributed by atoms with Crippen molar-refractivity contribution in [3.05, 3.63) is 20.8 Å². The SMILES string of the molecule is CN1CC(c2cc(Br)cs2)N(C)C1=O. The fourth-order valence-electron chi connectivity index (χ4n) is 1.65. The number of urea groups is 1. The maximum Gasteiger partial charge on any atom is 0.320 e. The van der Waals surface area contributed by atoms with Crippen molar-refractivity contribution in [1.82, 2.24) is 9.80 Å². The fraction of sp³-hybridized carbons (Fsp3) is 0.444. The average Bonchev–Trinajstić information content (AvgIpc) is 2.66. The van der Waals surface area contributed by atoms with Gasteiger partial charge in [-0.05, 0) is 22.0 Å². The number of halogens is 1. The zero-order chi connectivity index (χ0) is 10.3. The molecule has 1 unspecified atom stereocenters. The minimum atomic E-state index is 0.0968. The van der Waals surface area contributed by atoms with E-state index in [1.165, 1.54) is 4.88 Å². The Bertz CT molecular complexity index is 365. The van der Waals surface area contributed by atoms with Gasteiger partial charge in [-0.2, -0.15) is 0 Å². The van der Waals surface area contributed by atoms with Crippen LogP contribution in [0.4, 0.5) is 4.79 Å². The molecule has 1 saturated heterocycles. The zero-order valence-electron chi connectivity index (χ0n) is 8.03. The Morgan fingerprint density at radius 1 is 1.57 bits per heavy atom. The lowest BCUT2D eigenvalue weighted by molar-refractivity contribution is 0.201. The molecule has 14 heavy (non-hydrogen) atoms. The largest absolute Gasteiger partial charge is 0.325 e. The van der Waals surface area contributed by atoms with Gasteiger partial charge in [0.05, 0.1) is 6.04 Å². The van der Waals surface area contributed by atoms with Crippen LogP contribution < -0.4 is 0 Å². The number of carbonyl (C=O) groups is 1. The Hall–Kier alpha value is -0.550. The summed E-state index contributed by atoms with van der Waals surface area (Å²) in [6, 6.07) is 2.39. The summed E-state index contributed by atoms with van der Waals surface area (Å²) in [6.07, 6.45) is 0. The van der Waals surface area contributed by atoms with Gasteiger partial charge in [0.15, 0.2) is 0 Å². The van der Waals surface area contributed by atoms with Crippen LogP contribution in [0.15, 0.2) is 15.9 Å². The fourth-order valence-corrected chi connectivity index (χ4v) is 3.23. The number of likely N-dealkylation sites (N-methyl/N-ethyl adjacent to an activating group) is 2. The summed E-state index contributed by atoms with van der Waals surface area (Å²) in [6.45, 7) is 0.780. The van der Waals surface area contributed by atoms with Gasteiger partial charge in [0, 0.05) is 35.4 Å². The molecule has 5 heteroatoms. The van der Waals surface area contributed by atoms with E-state index in [2.05, 4.69) is 22.0 Å². The van der Waals surface area contributed by atoms with Crippen molar-refractivity contribution >= 4 is 33.3 Å². The smallest absolute Gasteiger partial charge is 0.320 e. The normalized spacial score (nSPS) is 22.2. The van der Waals surface area contributed by atoms with Gasteiger partial charge < -0.3 is 9.80 Å². The number of nitrogens with zero attached hydrogens (tertiary/aromatic N) is 2. The van der Waals surface area contributed by atoms with Gasteiger partial charge in [-0.25, -0.2) is 4.79 Å². The van der Waals surface area contributed by atoms with E-state index in [1.54, 1.807) is 21.1 Å². The molecule has 2 amide bonds. The van der Waals surface area contributed by atoms with Crippen molar-refractivity contribution in [3.8, 4) is 0 Å². The highest BCUT2D eigenvalue weighted by molar-refractivity contribution is 9.10. The van der Waals surface area contributed by atoms with Crippen molar-refractivity contribution < 1.29 is 4.79 Å². The number of thiophene rings is 1. The van der Waals surface area contributed by atoms with E-state index in [9.17, 15) is 4.79 Å². The molecule has 0 aliphatic carbocycles. The lowest BCUT2D eigenvalue weighted by Gasteiger charge is -2.15. The van der Waals surface area contributed by atoms with Crippen LogP contribution in [0.5, 0.6) is 0 Å². The van der Waals surface area contributed by atoms with Crippen LogP contribution in [-0.4, -0.2) is 36.5 Å². The predicted molar refractivity (Wildman–Crippen MR) is 60.5 cm³/mol. The van der Waals surface area contributed by atoms with Crippen molar-refractivity contribution in [2.75, 3.05) is 20.6 Å². The Morgan fingerprint density at radius 2 is 2.29 bits per heavy atom. The van der Waals surface area contributed by atoms with Crippen LogP contribution in [0.1, 0.15) is 10.9 Å². The van der Waals surface area contributed by atoms with Gasteiger partial charge in [-0.15, -0.1) is 11.3 Å². The lowest BCUT2D eigenvalue weighted by atomic mass is 10.2. The highest BCUT2D eigenvalue weighted by Gasteiger charge is 2.33. The third-order valence-electron chi connectivity index (χ3n) is 2.46. The molecular formula is C9H11BrN2OS. The number of carbonyl (C=O) groups excluding carboxylic acids is 1. The zero-order valence-corrected chi connectivity index (χ0v) is 10.4. The molecule has 0 radical (unpaired) electrons. The van der Waals surface area contributed by atoms with Gasteiger partial charge >= 0.3 is 6.03 Å². The molecule has 1 aromatic rings. The predicted octanol–water partition coefficient (Wildman–Crippen LogP) is 2.55. The molecule has 76 valence electrons. The van der Waals surface area contributed by atoms with Gasteiger partial charge in [0.25, 0.3) is 0 Å². The minimum Gasteiger partial charge on any atom is -0.325 e. The van der Waals surface area contributed by atoms with Crippen molar-refractivity contribution in [2.24, 2.45) is 0 Å². The van der Waals surface area contributed by atoms with Crippen LogP contribution in [0, 0.1) is 0 Å². The van der Waals surface area contributed by atoms with Crippen LogP contribution in [0.25, 0.3) is 0 Å². The average molecular weight is 275 g/mol. The summed E-state index contributed by atoms with van der Waals surface area (Å²) < 4.78 is 1.09. The Kier molecular flexibility index (Phi) is 2.53. The Balaban J connectivity index is 2.25. The molecule has 2 heterocycles. The number of amides is 2. The maximum absolute atomic E-state index is 11.5. The summed E-state index contributed by atoms with van der Waals surface area (Å²) >= 11 is 5.11. The second-order valence-electron chi connectivity index (χ2n) is 3.46. The molecule has 3 nitrogen and oxygen atoms in total. The molecule has 1 aliphatic rings. The molecule has 1 atom stereocenters. The van der Waals surface area contributed by atoms with Gasteiger partial charge in [-0.3, -0.25) is 0 Å². The first kappa shape index (κ1) is 9.98. The van der Waals surface area contributed by atoms with Gasteiger partial charge in [-0.1, -0.05) is 0 Å². The lowest BCUT2D eigenvalue weighted by Crippen LogP contribution is -2.26. The van der Waals surface area contributed by atoms with Crippen LogP contribution in [0.2, 0.25) is 0 Å². The topological polar surface area (TPSA) is 23.6 Å². The van der Waals surface area contributed by atoms with Crippen LogP contribution >= 0.6 is 27.3 Å². The molecule has 0 aromatic carbocycles. The summed E-state index contributed by atoms with van der Waals surface area (Å²) in [5, 5.41) is 2.05. The minimum absolute atomic E-state index is 0.0968. The summed E-state index contributed by atoms with van der Waals surface area (Å²) in [5.74, 6) is 0. The van der Waals surface area contributed by atoms with E-state index >= 15 is 0 Å². The van der Waals surface area contributed by atoms with Crippen molar-refractivity contribution in [1.29, 1.82) is 0 Å². The molecule has 1 fully saturated rings. The van der Waals surface area contributed by atoms with Gasteiger partial charge in [0.2, 0.25) is 0 Å².